The number of fused-ring (bicyclic) bond motifs is 2. The van der Waals surface area contributed by atoms with Crippen molar-refractivity contribution in [3.63, 3.8) is 0 Å². The average molecular weight is 416 g/mol. The van der Waals surface area contributed by atoms with Gasteiger partial charge in [-0.05, 0) is 31.7 Å². The summed E-state index contributed by atoms with van der Waals surface area (Å²) in [5.41, 5.74) is 1.06. The van der Waals surface area contributed by atoms with Crippen LogP contribution < -0.4 is 4.90 Å². The molecule has 8 nitrogen and oxygen atoms in total. The maximum absolute atomic E-state index is 12.7. The fraction of sp³-hybridized carbons (Fsp3) is 0.667. The van der Waals surface area contributed by atoms with E-state index in [1.807, 2.05) is 24.2 Å². The van der Waals surface area contributed by atoms with Crippen molar-refractivity contribution in [3.05, 3.63) is 18.0 Å². The van der Waals surface area contributed by atoms with Crippen molar-refractivity contribution in [2.45, 2.75) is 44.6 Å². The van der Waals surface area contributed by atoms with E-state index in [9.17, 15) is 18.0 Å². The maximum Gasteiger partial charge on any atom is 0.490 e. The zero-order valence-electron chi connectivity index (χ0n) is 15.9. The summed E-state index contributed by atoms with van der Waals surface area (Å²) < 4.78 is 37.8. The number of aliphatic carboxylic acids is 1. The molecule has 160 valence electrons. The fourth-order valence-corrected chi connectivity index (χ4v) is 3.80. The number of amides is 1. The molecule has 11 heteroatoms. The van der Waals surface area contributed by atoms with Crippen molar-refractivity contribution in [1.29, 1.82) is 0 Å². The minimum atomic E-state index is -5.08. The van der Waals surface area contributed by atoms with Crippen LogP contribution in [0, 0.1) is 12.8 Å². The molecular formula is C18H23F3N4O4. The molecule has 3 aliphatic heterocycles. The zero-order chi connectivity index (χ0) is 21.2. The number of aryl methyl sites for hydroxylation is 1. The number of alkyl halides is 3. The Hall–Kier alpha value is -2.43. The Balaban J connectivity index is 0.000000298. The van der Waals surface area contributed by atoms with Crippen LogP contribution in [0.15, 0.2) is 12.4 Å². The third-order valence-corrected chi connectivity index (χ3v) is 5.18. The molecular weight excluding hydrogens is 393 g/mol. The number of carbonyl (C=O) groups is 2. The number of anilines is 1. The highest BCUT2D eigenvalue weighted by Gasteiger charge is 2.46. The minimum Gasteiger partial charge on any atom is -0.475 e. The van der Waals surface area contributed by atoms with E-state index in [1.165, 1.54) is 0 Å². The minimum absolute atomic E-state index is 0.0125. The summed E-state index contributed by atoms with van der Waals surface area (Å²) in [7, 11) is 0. The summed E-state index contributed by atoms with van der Waals surface area (Å²) in [6.07, 6.45) is 1.81. The SMILES string of the molecule is Cc1cnc(N2CC3CC(C(=O)N4CCCC4)C(C2)O3)nc1.O=C(O)C(F)(F)F. The van der Waals surface area contributed by atoms with E-state index in [0.29, 0.717) is 6.54 Å². The molecule has 2 bridgehead atoms. The van der Waals surface area contributed by atoms with Gasteiger partial charge in [0.1, 0.15) is 0 Å². The monoisotopic (exact) mass is 416 g/mol. The summed E-state index contributed by atoms with van der Waals surface area (Å²) in [6, 6.07) is 0. The molecule has 0 aromatic carbocycles. The first-order valence-electron chi connectivity index (χ1n) is 9.43. The van der Waals surface area contributed by atoms with Crippen molar-refractivity contribution in [2.24, 2.45) is 5.92 Å². The lowest BCUT2D eigenvalue weighted by molar-refractivity contribution is -0.192. The zero-order valence-corrected chi connectivity index (χ0v) is 15.9. The second-order valence-electron chi connectivity index (χ2n) is 7.44. The molecule has 0 aliphatic carbocycles. The molecule has 3 fully saturated rings. The quantitative estimate of drug-likeness (QED) is 0.783. The number of hydrogen-bond donors (Lipinski definition) is 1. The van der Waals surface area contributed by atoms with Crippen LogP contribution in [0.2, 0.25) is 0 Å². The standard InChI is InChI=1S/C16H22N4O2.C2HF3O2/c1-11-7-17-16(18-8-11)20-9-12-6-13(14(10-20)22-12)15(21)19-4-2-3-5-19;3-2(4,5)1(6)7/h7-8,12-14H,2-6,9-10H2,1H3;(H,6,7). The number of halogens is 3. The Bertz CT molecular complexity index is 738. The van der Waals surface area contributed by atoms with E-state index >= 15 is 0 Å². The number of aromatic nitrogens is 2. The number of carboxylic acid groups (broad SMARTS) is 1. The second-order valence-corrected chi connectivity index (χ2v) is 7.44. The van der Waals surface area contributed by atoms with Crippen molar-refractivity contribution < 1.29 is 32.6 Å². The molecule has 0 saturated carbocycles. The largest absolute Gasteiger partial charge is 0.490 e. The summed E-state index contributed by atoms with van der Waals surface area (Å²) >= 11 is 0. The molecule has 0 spiro atoms. The van der Waals surface area contributed by atoms with Crippen LogP contribution in [0.3, 0.4) is 0 Å². The van der Waals surface area contributed by atoms with Crippen molar-refractivity contribution in [3.8, 4) is 0 Å². The van der Waals surface area contributed by atoms with Gasteiger partial charge in [-0.15, -0.1) is 0 Å². The van der Waals surface area contributed by atoms with Gasteiger partial charge in [0.25, 0.3) is 0 Å². The predicted molar refractivity (Wildman–Crippen MR) is 95.3 cm³/mol. The summed E-state index contributed by atoms with van der Waals surface area (Å²) in [5.74, 6) is -1.71. The molecule has 3 saturated heterocycles. The van der Waals surface area contributed by atoms with E-state index in [4.69, 9.17) is 14.6 Å². The Labute approximate surface area is 165 Å². The van der Waals surface area contributed by atoms with Gasteiger partial charge in [0.05, 0.1) is 18.1 Å². The number of ether oxygens (including phenoxy) is 1. The van der Waals surface area contributed by atoms with Gasteiger partial charge in [-0.1, -0.05) is 0 Å². The Morgan fingerprint density at radius 2 is 1.76 bits per heavy atom. The average Bonchev–Trinajstić information content (AvgIpc) is 3.29. The molecule has 1 amide bonds. The lowest BCUT2D eigenvalue weighted by atomic mass is 9.99. The van der Waals surface area contributed by atoms with Crippen LogP contribution in [0.25, 0.3) is 0 Å². The first-order valence-corrected chi connectivity index (χ1v) is 9.43. The van der Waals surface area contributed by atoms with Gasteiger partial charge in [0.2, 0.25) is 11.9 Å². The van der Waals surface area contributed by atoms with E-state index in [-0.39, 0.29) is 24.0 Å². The van der Waals surface area contributed by atoms with E-state index in [0.717, 1.165) is 50.4 Å². The summed E-state index contributed by atoms with van der Waals surface area (Å²) in [5, 5.41) is 7.12. The van der Waals surface area contributed by atoms with Crippen LogP contribution in [0.1, 0.15) is 24.8 Å². The molecule has 3 unspecified atom stereocenters. The lowest BCUT2D eigenvalue weighted by Crippen LogP contribution is -2.46. The first-order chi connectivity index (χ1) is 13.6. The number of morpholine rings is 1. The lowest BCUT2D eigenvalue weighted by Gasteiger charge is -2.33. The molecule has 1 aromatic heterocycles. The number of nitrogens with zero attached hydrogens (tertiary/aromatic N) is 4. The topological polar surface area (TPSA) is 95.9 Å². The normalized spacial score (nSPS) is 26.1. The van der Waals surface area contributed by atoms with Crippen molar-refractivity contribution in [1.82, 2.24) is 14.9 Å². The van der Waals surface area contributed by atoms with E-state index < -0.39 is 12.1 Å². The van der Waals surface area contributed by atoms with E-state index in [2.05, 4.69) is 14.9 Å². The third-order valence-electron chi connectivity index (χ3n) is 5.18. The molecule has 4 rings (SSSR count). The molecule has 3 aliphatic rings. The molecule has 3 atom stereocenters. The number of rotatable bonds is 2. The second kappa shape index (κ2) is 8.52. The highest BCUT2D eigenvalue weighted by molar-refractivity contribution is 5.80. The number of carboxylic acids is 1. The number of hydrogen-bond acceptors (Lipinski definition) is 6. The Morgan fingerprint density at radius 3 is 2.31 bits per heavy atom. The van der Waals surface area contributed by atoms with Gasteiger partial charge in [0, 0.05) is 38.6 Å². The predicted octanol–water partition coefficient (Wildman–Crippen LogP) is 1.63. The van der Waals surface area contributed by atoms with Crippen LogP contribution in [-0.2, 0) is 14.3 Å². The van der Waals surface area contributed by atoms with Crippen molar-refractivity contribution in [2.75, 3.05) is 31.1 Å². The summed E-state index contributed by atoms with van der Waals surface area (Å²) in [6.45, 7) is 5.31. The smallest absolute Gasteiger partial charge is 0.475 e. The summed E-state index contributed by atoms with van der Waals surface area (Å²) in [4.78, 5) is 34.6. The first kappa shape index (κ1) is 21.3. The molecule has 4 heterocycles. The molecule has 0 radical (unpaired) electrons. The highest BCUT2D eigenvalue weighted by atomic mass is 19.4. The van der Waals surface area contributed by atoms with Gasteiger partial charge in [-0.3, -0.25) is 4.79 Å². The number of carbonyl (C=O) groups excluding carboxylic acids is 1. The van der Waals surface area contributed by atoms with Gasteiger partial charge >= 0.3 is 12.1 Å². The third kappa shape index (κ3) is 5.14. The number of likely N-dealkylation sites (tertiary alicyclic amines) is 1. The van der Waals surface area contributed by atoms with Gasteiger partial charge < -0.3 is 19.6 Å². The van der Waals surface area contributed by atoms with E-state index in [1.54, 1.807) is 0 Å². The van der Waals surface area contributed by atoms with Crippen LogP contribution >= 0.6 is 0 Å². The maximum atomic E-state index is 12.7. The Morgan fingerprint density at radius 1 is 1.17 bits per heavy atom. The van der Waals surface area contributed by atoms with Crippen LogP contribution in [0.5, 0.6) is 0 Å². The molecule has 1 aromatic rings. The molecule has 29 heavy (non-hydrogen) atoms. The van der Waals surface area contributed by atoms with Crippen LogP contribution in [-0.4, -0.2) is 76.4 Å². The van der Waals surface area contributed by atoms with Crippen molar-refractivity contribution >= 4 is 17.8 Å². The Kier molecular flexibility index (Phi) is 6.25. The van der Waals surface area contributed by atoms with Gasteiger partial charge in [0.15, 0.2) is 0 Å². The van der Waals surface area contributed by atoms with Crippen LogP contribution in [0.4, 0.5) is 19.1 Å². The molecule has 1 N–H and O–H groups in total. The van der Waals surface area contributed by atoms with Gasteiger partial charge in [-0.2, -0.15) is 13.2 Å². The highest BCUT2D eigenvalue weighted by Crippen LogP contribution is 2.34. The fourth-order valence-electron chi connectivity index (χ4n) is 3.80. The van der Waals surface area contributed by atoms with Gasteiger partial charge in [-0.25, -0.2) is 14.8 Å².